The average Bonchev–Trinajstić information content (AvgIpc) is 2.47. The van der Waals surface area contributed by atoms with Gasteiger partial charge in [0.2, 0.25) is 0 Å². The van der Waals surface area contributed by atoms with Crippen molar-refractivity contribution in [1.82, 2.24) is 14.9 Å². The van der Waals surface area contributed by atoms with Crippen LogP contribution in [0.2, 0.25) is 0 Å². The number of aromatic nitrogens is 2. The third-order valence-electron chi connectivity index (χ3n) is 3.99. The lowest BCUT2D eigenvalue weighted by atomic mass is 10.0. The molecule has 1 aromatic heterocycles. The summed E-state index contributed by atoms with van der Waals surface area (Å²) in [6.45, 7) is 9.94. The summed E-state index contributed by atoms with van der Waals surface area (Å²) in [7, 11) is 0. The second kappa shape index (κ2) is 7.59. The van der Waals surface area contributed by atoms with Crippen LogP contribution in [0.1, 0.15) is 40.0 Å². The number of nitrogens with one attached hydrogen (secondary N) is 1. The van der Waals surface area contributed by atoms with Crippen molar-refractivity contribution in [2.24, 2.45) is 5.92 Å². The number of likely N-dealkylation sites (N-methyl/N-ethyl adjacent to an activating group) is 1. The Labute approximate surface area is 127 Å². The second-order valence-electron chi connectivity index (χ2n) is 6.25. The molecule has 0 radical (unpaired) electrons. The van der Waals surface area contributed by atoms with Crippen molar-refractivity contribution in [2.75, 3.05) is 24.5 Å². The van der Waals surface area contributed by atoms with E-state index in [0.717, 1.165) is 39.0 Å². The van der Waals surface area contributed by atoms with Gasteiger partial charge in [-0.1, -0.05) is 20.8 Å². The highest BCUT2D eigenvalue weighted by atomic mass is 16.1. The Bertz CT molecular complexity index is 497. The van der Waals surface area contributed by atoms with Gasteiger partial charge in [-0.2, -0.15) is 0 Å². The highest BCUT2D eigenvalue weighted by Crippen LogP contribution is 2.20. The van der Waals surface area contributed by atoms with E-state index in [4.69, 9.17) is 0 Å². The number of piperidine rings is 1. The summed E-state index contributed by atoms with van der Waals surface area (Å²) >= 11 is 0. The highest BCUT2D eigenvalue weighted by molar-refractivity contribution is 5.38. The van der Waals surface area contributed by atoms with Crippen LogP contribution in [0.3, 0.4) is 0 Å². The first kappa shape index (κ1) is 16.0. The third kappa shape index (κ3) is 4.06. The van der Waals surface area contributed by atoms with Crippen LogP contribution in [0.15, 0.2) is 17.2 Å². The van der Waals surface area contributed by atoms with Crippen LogP contribution >= 0.6 is 0 Å². The summed E-state index contributed by atoms with van der Waals surface area (Å²) in [4.78, 5) is 19.3. The number of anilines is 1. The monoisotopic (exact) mass is 292 g/mol. The predicted octanol–water partition coefficient (Wildman–Crippen LogP) is 1.87. The third-order valence-corrected chi connectivity index (χ3v) is 3.99. The van der Waals surface area contributed by atoms with E-state index in [-0.39, 0.29) is 5.56 Å². The summed E-state index contributed by atoms with van der Waals surface area (Å²) in [6.07, 6.45) is 7.07. The van der Waals surface area contributed by atoms with Crippen LogP contribution < -0.4 is 15.8 Å². The van der Waals surface area contributed by atoms with E-state index < -0.39 is 0 Å². The van der Waals surface area contributed by atoms with Crippen LogP contribution in [-0.2, 0) is 6.54 Å². The fourth-order valence-corrected chi connectivity index (χ4v) is 2.97. The van der Waals surface area contributed by atoms with Crippen LogP contribution in [0.4, 0.5) is 5.82 Å². The standard InChI is InChI=1S/C16H28N4O/c1-4-17-11-14-7-5-6-9-20(14)15-16(21)19(10-8-18-15)12-13(2)3/h8,10,13-14,17H,4-7,9,11-12H2,1-3H3. The molecule has 5 heteroatoms. The van der Waals surface area contributed by atoms with Gasteiger partial charge in [-0.25, -0.2) is 4.98 Å². The van der Waals surface area contributed by atoms with Crippen LogP contribution in [-0.4, -0.2) is 35.2 Å². The van der Waals surface area contributed by atoms with E-state index >= 15 is 0 Å². The first-order valence-corrected chi connectivity index (χ1v) is 8.16. The maximum atomic E-state index is 12.7. The van der Waals surface area contributed by atoms with E-state index in [1.165, 1.54) is 6.42 Å². The van der Waals surface area contributed by atoms with E-state index in [1.807, 2.05) is 0 Å². The maximum absolute atomic E-state index is 12.7. The van der Waals surface area contributed by atoms with E-state index in [2.05, 4.69) is 36.0 Å². The smallest absolute Gasteiger partial charge is 0.293 e. The SMILES string of the molecule is CCNCC1CCCCN1c1nccn(CC(C)C)c1=O. The molecule has 1 unspecified atom stereocenters. The van der Waals surface area contributed by atoms with Gasteiger partial charge in [0.1, 0.15) is 0 Å². The summed E-state index contributed by atoms with van der Waals surface area (Å²) in [5.41, 5.74) is 0.0506. The Hall–Kier alpha value is -1.36. The van der Waals surface area contributed by atoms with Crippen molar-refractivity contribution >= 4 is 5.82 Å². The molecule has 0 saturated carbocycles. The molecule has 1 aromatic rings. The number of hydrogen-bond donors (Lipinski definition) is 1. The minimum absolute atomic E-state index is 0.0506. The fraction of sp³-hybridized carbons (Fsp3) is 0.750. The van der Waals surface area contributed by atoms with Gasteiger partial charge in [-0.3, -0.25) is 4.79 Å². The molecular weight excluding hydrogens is 264 g/mol. The molecule has 0 amide bonds. The average molecular weight is 292 g/mol. The molecule has 1 atom stereocenters. The van der Waals surface area contributed by atoms with E-state index in [9.17, 15) is 4.79 Å². The maximum Gasteiger partial charge on any atom is 0.293 e. The van der Waals surface area contributed by atoms with Gasteiger partial charge >= 0.3 is 0 Å². The Balaban J connectivity index is 2.24. The first-order valence-electron chi connectivity index (χ1n) is 8.16. The van der Waals surface area contributed by atoms with Crippen molar-refractivity contribution in [1.29, 1.82) is 0 Å². The quantitative estimate of drug-likeness (QED) is 0.869. The number of hydrogen-bond acceptors (Lipinski definition) is 4. The molecule has 118 valence electrons. The first-order chi connectivity index (χ1) is 10.1. The summed E-state index contributed by atoms with van der Waals surface area (Å²) in [6, 6.07) is 0.383. The van der Waals surface area contributed by atoms with Gasteiger partial charge in [0.25, 0.3) is 5.56 Å². The minimum Gasteiger partial charge on any atom is -0.348 e. The zero-order valence-electron chi connectivity index (χ0n) is 13.5. The van der Waals surface area contributed by atoms with Gasteiger partial charge in [-0.05, 0) is 31.7 Å². The molecular formula is C16H28N4O. The molecule has 21 heavy (non-hydrogen) atoms. The van der Waals surface area contributed by atoms with Gasteiger partial charge < -0.3 is 14.8 Å². The van der Waals surface area contributed by atoms with Gasteiger partial charge in [0.05, 0.1) is 0 Å². The largest absolute Gasteiger partial charge is 0.348 e. The normalized spacial score (nSPS) is 19.2. The predicted molar refractivity (Wildman–Crippen MR) is 86.9 cm³/mol. The van der Waals surface area contributed by atoms with Gasteiger partial charge in [-0.15, -0.1) is 0 Å². The fourth-order valence-electron chi connectivity index (χ4n) is 2.97. The lowest BCUT2D eigenvalue weighted by Crippen LogP contribution is -2.48. The van der Waals surface area contributed by atoms with E-state index in [1.54, 1.807) is 17.0 Å². The minimum atomic E-state index is 0.0506. The molecule has 1 fully saturated rings. The molecule has 2 rings (SSSR count). The Kier molecular flexibility index (Phi) is 5.79. The molecule has 0 spiro atoms. The summed E-state index contributed by atoms with van der Waals surface area (Å²) < 4.78 is 1.80. The molecule has 1 aliphatic rings. The molecule has 5 nitrogen and oxygen atoms in total. The zero-order valence-corrected chi connectivity index (χ0v) is 13.5. The Morgan fingerprint density at radius 1 is 1.43 bits per heavy atom. The van der Waals surface area contributed by atoms with Crippen molar-refractivity contribution in [3.63, 3.8) is 0 Å². The summed E-state index contributed by atoms with van der Waals surface area (Å²) in [5, 5.41) is 3.41. The molecule has 0 aromatic carbocycles. The van der Waals surface area contributed by atoms with Crippen LogP contribution in [0.5, 0.6) is 0 Å². The van der Waals surface area contributed by atoms with Crippen molar-refractivity contribution in [3.05, 3.63) is 22.7 Å². The molecule has 1 saturated heterocycles. The molecule has 0 aliphatic carbocycles. The second-order valence-corrected chi connectivity index (χ2v) is 6.25. The van der Waals surface area contributed by atoms with Crippen molar-refractivity contribution < 1.29 is 0 Å². The molecule has 1 aliphatic heterocycles. The Morgan fingerprint density at radius 2 is 2.24 bits per heavy atom. The van der Waals surface area contributed by atoms with Gasteiger partial charge in [0, 0.05) is 38.1 Å². The molecule has 0 bridgehead atoms. The Morgan fingerprint density at radius 3 is 2.95 bits per heavy atom. The van der Waals surface area contributed by atoms with Crippen molar-refractivity contribution in [2.45, 2.75) is 52.6 Å². The zero-order chi connectivity index (χ0) is 15.2. The summed E-state index contributed by atoms with van der Waals surface area (Å²) in [5.74, 6) is 1.08. The van der Waals surface area contributed by atoms with Crippen molar-refractivity contribution in [3.8, 4) is 0 Å². The highest BCUT2D eigenvalue weighted by Gasteiger charge is 2.25. The topological polar surface area (TPSA) is 50.2 Å². The lowest BCUT2D eigenvalue weighted by Gasteiger charge is -2.36. The molecule has 1 N–H and O–H groups in total. The van der Waals surface area contributed by atoms with Crippen LogP contribution in [0, 0.1) is 5.92 Å². The number of nitrogens with zero attached hydrogens (tertiary/aromatic N) is 3. The van der Waals surface area contributed by atoms with Crippen LogP contribution in [0.25, 0.3) is 0 Å². The van der Waals surface area contributed by atoms with E-state index in [0.29, 0.717) is 17.8 Å². The lowest BCUT2D eigenvalue weighted by molar-refractivity contribution is 0.431. The van der Waals surface area contributed by atoms with Gasteiger partial charge in [0.15, 0.2) is 5.82 Å². The molecule has 2 heterocycles. The number of rotatable bonds is 6.